The van der Waals surface area contributed by atoms with Gasteiger partial charge in [0.1, 0.15) is 13.2 Å². The number of rotatable bonds is 6. The molecule has 1 N–H and O–H groups in total. The molecule has 1 amide bonds. The van der Waals surface area contributed by atoms with Crippen molar-refractivity contribution in [3.05, 3.63) is 70.1 Å². The molecule has 9 heteroatoms. The van der Waals surface area contributed by atoms with Crippen molar-refractivity contribution in [1.82, 2.24) is 19.7 Å². The topological polar surface area (TPSA) is 89.5 Å². The highest BCUT2D eigenvalue weighted by molar-refractivity contribution is 7.99. The van der Waals surface area contributed by atoms with Crippen LogP contribution in [0, 0.1) is 0 Å². The molecule has 1 aromatic heterocycles. The van der Waals surface area contributed by atoms with Gasteiger partial charge in [-0.1, -0.05) is 48.2 Å². The first-order valence-corrected chi connectivity index (χ1v) is 11.7. The van der Waals surface area contributed by atoms with Crippen molar-refractivity contribution in [2.24, 2.45) is 0 Å². The molecule has 1 fully saturated rings. The number of ether oxygens (including phenoxy) is 2. The van der Waals surface area contributed by atoms with E-state index in [4.69, 9.17) is 9.47 Å². The molecular weight excluding hydrogens is 428 g/mol. The fourth-order valence-electron chi connectivity index (χ4n) is 4.21. The van der Waals surface area contributed by atoms with Crippen LogP contribution in [-0.4, -0.2) is 51.1 Å². The Bertz CT molecular complexity index is 1160. The summed E-state index contributed by atoms with van der Waals surface area (Å²) in [7, 11) is 0. The lowest BCUT2D eigenvalue weighted by Crippen LogP contribution is -2.32. The normalized spacial score (nSPS) is 17.5. The summed E-state index contributed by atoms with van der Waals surface area (Å²) in [4.78, 5) is 27.2. The molecule has 32 heavy (non-hydrogen) atoms. The van der Waals surface area contributed by atoms with Crippen LogP contribution in [0.2, 0.25) is 0 Å². The van der Waals surface area contributed by atoms with Gasteiger partial charge in [-0.3, -0.25) is 9.36 Å². The number of aromatic amines is 1. The Morgan fingerprint density at radius 3 is 2.78 bits per heavy atom. The van der Waals surface area contributed by atoms with E-state index in [1.165, 1.54) is 11.8 Å². The molecule has 2 aliphatic rings. The van der Waals surface area contributed by atoms with E-state index in [1.807, 2.05) is 53.4 Å². The number of amides is 1. The summed E-state index contributed by atoms with van der Waals surface area (Å²) in [5, 5.41) is 7.14. The summed E-state index contributed by atoms with van der Waals surface area (Å²) < 4.78 is 12.9. The van der Waals surface area contributed by atoms with Crippen LogP contribution in [0.4, 0.5) is 0 Å². The molecule has 0 radical (unpaired) electrons. The van der Waals surface area contributed by atoms with Gasteiger partial charge in [0.25, 0.3) is 0 Å². The lowest BCUT2D eigenvalue weighted by atomic mass is 10.0. The maximum atomic E-state index is 13.1. The third-order valence-electron chi connectivity index (χ3n) is 5.76. The predicted molar refractivity (Wildman–Crippen MR) is 120 cm³/mol. The number of thioether (sulfide) groups is 1. The summed E-state index contributed by atoms with van der Waals surface area (Å²) in [6, 6.07) is 15.7. The van der Waals surface area contributed by atoms with Crippen LogP contribution < -0.4 is 15.2 Å². The summed E-state index contributed by atoms with van der Waals surface area (Å²) in [6.07, 6.45) is 1.87. The second-order valence-corrected chi connectivity index (χ2v) is 8.76. The zero-order valence-corrected chi connectivity index (χ0v) is 18.3. The predicted octanol–water partition coefficient (Wildman–Crippen LogP) is 2.85. The van der Waals surface area contributed by atoms with Crippen molar-refractivity contribution in [2.45, 2.75) is 30.6 Å². The maximum absolute atomic E-state index is 13.1. The second kappa shape index (κ2) is 9.12. The molecule has 5 rings (SSSR count). The van der Waals surface area contributed by atoms with Gasteiger partial charge in [0.05, 0.1) is 18.3 Å². The fourth-order valence-corrected chi connectivity index (χ4v) is 5.04. The quantitative estimate of drug-likeness (QED) is 0.579. The standard InChI is InChI=1S/C23H24N4O4S/c28-21(15-32-23-25-24-22(29)27(23)14-16-5-2-1-3-6-16)26-10-4-7-18(26)17-8-9-19-20(13-17)31-12-11-30-19/h1-3,5-6,8-9,13,18H,4,7,10-12,14-15H2,(H,24,29)/t18-/m1/s1. The minimum atomic E-state index is -0.279. The Balaban J connectivity index is 1.27. The van der Waals surface area contributed by atoms with E-state index in [9.17, 15) is 9.59 Å². The Labute approximate surface area is 189 Å². The molecule has 3 aromatic rings. The molecule has 3 heterocycles. The number of aromatic nitrogens is 3. The molecule has 166 valence electrons. The molecular formula is C23H24N4O4S. The number of likely N-dealkylation sites (tertiary alicyclic amines) is 1. The fraction of sp³-hybridized carbons (Fsp3) is 0.348. The molecule has 0 unspecified atom stereocenters. The lowest BCUT2D eigenvalue weighted by molar-refractivity contribution is -0.129. The molecule has 0 spiro atoms. The summed E-state index contributed by atoms with van der Waals surface area (Å²) in [6.45, 7) is 2.22. The van der Waals surface area contributed by atoms with E-state index in [1.54, 1.807) is 4.57 Å². The van der Waals surface area contributed by atoms with Gasteiger partial charge in [-0.25, -0.2) is 9.89 Å². The smallest absolute Gasteiger partial charge is 0.344 e. The van der Waals surface area contributed by atoms with Gasteiger partial charge in [0.15, 0.2) is 16.7 Å². The number of fused-ring (bicyclic) bond motifs is 1. The SMILES string of the molecule is O=C(CSc1n[nH]c(=O)n1Cc1ccccc1)N1CCC[C@@H]1c1ccc2c(c1)OCCO2. The first-order chi connectivity index (χ1) is 15.7. The summed E-state index contributed by atoms with van der Waals surface area (Å²) in [5.74, 6) is 1.75. The third kappa shape index (κ3) is 4.25. The monoisotopic (exact) mass is 452 g/mol. The minimum absolute atomic E-state index is 0.0182. The van der Waals surface area contributed by atoms with Gasteiger partial charge in [0.2, 0.25) is 5.91 Å². The average Bonchev–Trinajstić information content (AvgIpc) is 3.45. The number of carbonyl (C=O) groups excluding carboxylic acids is 1. The van der Waals surface area contributed by atoms with Crippen molar-refractivity contribution in [1.29, 1.82) is 0 Å². The molecule has 0 aliphatic carbocycles. The van der Waals surface area contributed by atoms with E-state index in [0.717, 1.165) is 42.0 Å². The highest BCUT2D eigenvalue weighted by atomic mass is 32.2. The van der Waals surface area contributed by atoms with E-state index in [2.05, 4.69) is 10.2 Å². The van der Waals surface area contributed by atoms with Gasteiger partial charge < -0.3 is 14.4 Å². The highest BCUT2D eigenvalue weighted by Gasteiger charge is 2.31. The van der Waals surface area contributed by atoms with Crippen LogP contribution in [0.3, 0.4) is 0 Å². The first-order valence-electron chi connectivity index (χ1n) is 10.7. The average molecular weight is 453 g/mol. The van der Waals surface area contributed by atoms with Gasteiger partial charge in [-0.2, -0.15) is 0 Å². The summed E-state index contributed by atoms with van der Waals surface area (Å²) in [5.41, 5.74) is 1.78. The van der Waals surface area contributed by atoms with Gasteiger partial charge in [-0.05, 0) is 36.1 Å². The Morgan fingerprint density at radius 1 is 1.12 bits per heavy atom. The molecule has 2 aromatic carbocycles. The van der Waals surface area contributed by atoms with Crippen LogP contribution in [0.1, 0.15) is 30.0 Å². The molecule has 1 atom stereocenters. The summed E-state index contributed by atoms with van der Waals surface area (Å²) >= 11 is 1.29. The van der Waals surface area contributed by atoms with Gasteiger partial charge in [-0.15, -0.1) is 5.10 Å². The Hall–Kier alpha value is -3.20. The number of carbonyl (C=O) groups is 1. The number of H-pyrrole nitrogens is 1. The first kappa shape index (κ1) is 20.7. The molecule has 0 bridgehead atoms. The van der Waals surface area contributed by atoms with E-state index in [0.29, 0.717) is 24.9 Å². The highest BCUT2D eigenvalue weighted by Crippen LogP contribution is 2.38. The van der Waals surface area contributed by atoms with Crippen molar-refractivity contribution < 1.29 is 14.3 Å². The number of benzene rings is 2. The Kier molecular flexibility index (Phi) is 5.89. The van der Waals surface area contributed by atoms with E-state index in [-0.39, 0.29) is 23.4 Å². The number of hydrogen-bond acceptors (Lipinski definition) is 6. The minimum Gasteiger partial charge on any atom is -0.486 e. The van der Waals surface area contributed by atoms with E-state index >= 15 is 0 Å². The molecule has 1 saturated heterocycles. The van der Waals surface area contributed by atoms with Crippen molar-refractivity contribution in [2.75, 3.05) is 25.5 Å². The van der Waals surface area contributed by atoms with Crippen LogP contribution in [0.5, 0.6) is 11.5 Å². The number of nitrogens with one attached hydrogen (secondary N) is 1. The van der Waals surface area contributed by atoms with Crippen LogP contribution >= 0.6 is 11.8 Å². The van der Waals surface area contributed by atoms with Crippen LogP contribution in [-0.2, 0) is 11.3 Å². The number of nitrogens with zero attached hydrogens (tertiary/aromatic N) is 3. The Morgan fingerprint density at radius 2 is 1.94 bits per heavy atom. The van der Waals surface area contributed by atoms with Gasteiger partial charge in [0, 0.05) is 6.54 Å². The van der Waals surface area contributed by atoms with Crippen molar-refractivity contribution in [3.8, 4) is 11.5 Å². The zero-order chi connectivity index (χ0) is 21.9. The van der Waals surface area contributed by atoms with E-state index < -0.39 is 0 Å². The zero-order valence-electron chi connectivity index (χ0n) is 17.5. The van der Waals surface area contributed by atoms with Crippen LogP contribution in [0.25, 0.3) is 0 Å². The molecule has 2 aliphatic heterocycles. The lowest BCUT2D eigenvalue weighted by Gasteiger charge is -2.26. The molecule has 8 nitrogen and oxygen atoms in total. The second-order valence-electron chi connectivity index (χ2n) is 7.82. The largest absolute Gasteiger partial charge is 0.486 e. The van der Waals surface area contributed by atoms with Crippen molar-refractivity contribution in [3.63, 3.8) is 0 Å². The van der Waals surface area contributed by atoms with Crippen LogP contribution in [0.15, 0.2) is 58.5 Å². The van der Waals surface area contributed by atoms with Crippen molar-refractivity contribution >= 4 is 17.7 Å². The third-order valence-corrected chi connectivity index (χ3v) is 6.72. The maximum Gasteiger partial charge on any atom is 0.344 e. The van der Waals surface area contributed by atoms with Gasteiger partial charge >= 0.3 is 5.69 Å². The molecule has 0 saturated carbocycles. The number of hydrogen-bond donors (Lipinski definition) is 1.